The van der Waals surface area contributed by atoms with E-state index in [0.717, 1.165) is 0 Å². The maximum atomic E-state index is 14.6. The first-order valence-electron chi connectivity index (χ1n) is 12.7. The van der Waals surface area contributed by atoms with E-state index in [0.29, 0.717) is 28.2 Å². The summed E-state index contributed by atoms with van der Waals surface area (Å²) >= 11 is 26.0. The first-order valence-corrected chi connectivity index (χ1v) is 14.2. The Labute approximate surface area is 261 Å². The molecule has 2 aliphatic carbocycles. The van der Waals surface area contributed by atoms with Gasteiger partial charge in [0, 0.05) is 28.7 Å². The van der Waals surface area contributed by atoms with E-state index in [9.17, 15) is 24.9 Å². The van der Waals surface area contributed by atoms with Crippen LogP contribution in [0.2, 0.25) is 20.1 Å². The molecule has 0 fully saturated rings. The number of phenols is 2. The molecule has 8 nitrogen and oxygen atoms in total. The van der Waals surface area contributed by atoms with Crippen LogP contribution in [0, 0.1) is 12.8 Å². The first-order chi connectivity index (χ1) is 19.6. The quantitative estimate of drug-likeness (QED) is 0.258. The standard InChI is InChI=1S/C30H26Cl4O8/c1-10-17(13(40-4)9-15(42-6)21(10)31)11-7-14(41-5)22(32)12-8-16-29(2,3)20-19(25(35)24(34)26(36)23(20)33)28(38)30(16,39)27(37)18(11)12/h7,9,16,35-36,39H,8H2,1-6H3/t16-,30-/m1/s1. The fourth-order valence-electron chi connectivity index (χ4n) is 6.46. The number of aliphatic hydroxyl groups is 1. The van der Waals surface area contributed by atoms with Crippen LogP contribution in [-0.2, 0) is 11.8 Å². The van der Waals surface area contributed by atoms with E-state index in [4.69, 9.17) is 60.6 Å². The summed E-state index contributed by atoms with van der Waals surface area (Å²) in [6.45, 7) is 5.01. The van der Waals surface area contributed by atoms with E-state index >= 15 is 0 Å². The number of halogens is 4. The zero-order valence-corrected chi connectivity index (χ0v) is 26.4. The number of carbonyl (C=O) groups excluding carboxylic acids is 2. The number of Topliss-reactive ketones (excluding diaryl/α,β-unsaturated/α-hetero) is 2. The summed E-state index contributed by atoms with van der Waals surface area (Å²) in [4.78, 5) is 28.8. The third-order valence-electron chi connectivity index (χ3n) is 8.59. The summed E-state index contributed by atoms with van der Waals surface area (Å²) in [5.74, 6) is -3.72. The Kier molecular flexibility index (Phi) is 7.35. The SMILES string of the molecule is COc1cc(OC)c(-c2cc(OC)c(Cl)c3c2C(=O)[C@@]2(O)C(=O)c4c(O)c(Cl)c(O)c(Cl)c4C(C)(C)[C@H]2C3)c(C)c1Cl. The van der Waals surface area contributed by atoms with Gasteiger partial charge >= 0.3 is 0 Å². The molecular formula is C30H26Cl4O8. The summed E-state index contributed by atoms with van der Waals surface area (Å²) in [5.41, 5.74) is -2.89. The molecule has 3 N–H and O–H groups in total. The number of benzene rings is 3. The lowest BCUT2D eigenvalue weighted by Gasteiger charge is -2.51. The number of ether oxygens (including phenoxy) is 3. The molecule has 42 heavy (non-hydrogen) atoms. The number of ketones is 2. The Hall–Kier alpha value is -2.88. The summed E-state index contributed by atoms with van der Waals surface area (Å²) in [7, 11) is 4.31. The van der Waals surface area contributed by atoms with Crippen molar-refractivity contribution in [2.45, 2.75) is 38.2 Å². The van der Waals surface area contributed by atoms with Gasteiger partial charge in [-0.3, -0.25) is 9.59 Å². The van der Waals surface area contributed by atoms with E-state index in [1.807, 2.05) is 0 Å². The molecule has 0 aromatic heterocycles. The highest BCUT2D eigenvalue weighted by Crippen LogP contribution is 2.60. The van der Waals surface area contributed by atoms with Gasteiger partial charge in [0.1, 0.15) is 28.0 Å². The average molecular weight is 656 g/mol. The van der Waals surface area contributed by atoms with Crippen molar-refractivity contribution >= 4 is 58.0 Å². The van der Waals surface area contributed by atoms with Crippen molar-refractivity contribution in [3.63, 3.8) is 0 Å². The summed E-state index contributed by atoms with van der Waals surface area (Å²) in [6, 6.07) is 3.08. The third-order valence-corrected chi connectivity index (χ3v) is 10.2. The van der Waals surface area contributed by atoms with Gasteiger partial charge in [0.2, 0.25) is 11.6 Å². The minimum Gasteiger partial charge on any atom is -0.505 e. The Morgan fingerprint density at radius 1 is 0.762 bits per heavy atom. The highest BCUT2D eigenvalue weighted by Gasteiger charge is 2.65. The molecule has 0 radical (unpaired) electrons. The molecule has 3 aromatic carbocycles. The lowest BCUT2D eigenvalue weighted by Crippen LogP contribution is -2.64. The van der Waals surface area contributed by atoms with Crippen molar-refractivity contribution in [1.29, 1.82) is 0 Å². The molecule has 3 aromatic rings. The molecule has 5 rings (SSSR count). The molecule has 0 saturated heterocycles. The van der Waals surface area contributed by atoms with Crippen LogP contribution in [0.25, 0.3) is 11.1 Å². The lowest BCUT2D eigenvalue weighted by molar-refractivity contribution is -0.0202. The number of rotatable bonds is 4. The highest BCUT2D eigenvalue weighted by atomic mass is 35.5. The average Bonchev–Trinajstić information content (AvgIpc) is 2.95. The molecule has 0 amide bonds. The van der Waals surface area contributed by atoms with Crippen LogP contribution < -0.4 is 14.2 Å². The second-order valence-electron chi connectivity index (χ2n) is 10.9. The largest absolute Gasteiger partial charge is 0.505 e. The number of aromatic hydroxyl groups is 2. The molecular weight excluding hydrogens is 630 g/mol. The van der Waals surface area contributed by atoms with Gasteiger partial charge in [-0.05, 0) is 41.5 Å². The summed E-state index contributed by atoms with van der Waals surface area (Å²) < 4.78 is 16.6. The minimum absolute atomic E-state index is 0.0368. The van der Waals surface area contributed by atoms with E-state index in [-0.39, 0.29) is 43.9 Å². The number of phenolic OH excluding ortho intramolecular Hbond substituents is 2. The first kappa shape index (κ1) is 30.6. The molecule has 0 aliphatic heterocycles. The molecule has 0 spiro atoms. The molecule has 0 heterocycles. The number of fused-ring (bicyclic) bond motifs is 3. The second-order valence-corrected chi connectivity index (χ2v) is 12.4. The Morgan fingerprint density at radius 3 is 1.88 bits per heavy atom. The van der Waals surface area contributed by atoms with Crippen LogP contribution in [-0.4, -0.2) is 53.8 Å². The maximum absolute atomic E-state index is 14.6. The van der Waals surface area contributed by atoms with Crippen LogP contribution in [0.3, 0.4) is 0 Å². The number of hydrogen-bond donors (Lipinski definition) is 3. The van der Waals surface area contributed by atoms with E-state index < -0.39 is 50.6 Å². The van der Waals surface area contributed by atoms with Crippen LogP contribution in [0.1, 0.15) is 51.3 Å². The van der Waals surface area contributed by atoms with Gasteiger partial charge in [0.15, 0.2) is 11.4 Å². The van der Waals surface area contributed by atoms with E-state index in [2.05, 4.69) is 0 Å². The minimum atomic E-state index is -2.67. The molecule has 0 bridgehead atoms. The van der Waals surface area contributed by atoms with Crippen molar-refractivity contribution < 1.29 is 39.1 Å². The normalized spacial score (nSPS) is 20.5. The third kappa shape index (κ3) is 3.78. The van der Waals surface area contributed by atoms with Gasteiger partial charge in [-0.1, -0.05) is 60.3 Å². The van der Waals surface area contributed by atoms with Crippen LogP contribution in [0.4, 0.5) is 0 Å². The van der Waals surface area contributed by atoms with Crippen molar-refractivity contribution in [2.24, 2.45) is 5.92 Å². The van der Waals surface area contributed by atoms with Crippen molar-refractivity contribution in [2.75, 3.05) is 21.3 Å². The Morgan fingerprint density at radius 2 is 1.31 bits per heavy atom. The van der Waals surface area contributed by atoms with Gasteiger partial charge in [0.25, 0.3) is 0 Å². The number of hydrogen-bond acceptors (Lipinski definition) is 8. The summed E-state index contributed by atoms with van der Waals surface area (Å²) in [5, 5.41) is 33.2. The van der Waals surface area contributed by atoms with Crippen molar-refractivity contribution in [3.05, 3.63) is 60.0 Å². The van der Waals surface area contributed by atoms with E-state index in [1.54, 1.807) is 26.8 Å². The highest BCUT2D eigenvalue weighted by molar-refractivity contribution is 6.41. The van der Waals surface area contributed by atoms with Crippen LogP contribution >= 0.6 is 46.4 Å². The number of carbonyl (C=O) groups is 2. The molecule has 2 atom stereocenters. The topological polar surface area (TPSA) is 123 Å². The molecule has 0 saturated carbocycles. The van der Waals surface area contributed by atoms with Gasteiger partial charge < -0.3 is 29.5 Å². The monoisotopic (exact) mass is 654 g/mol. The fourth-order valence-corrected chi connectivity index (χ4v) is 7.66. The fraction of sp³-hybridized carbons (Fsp3) is 0.333. The second kappa shape index (κ2) is 10.1. The predicted molar refractivity (Wildman–Crippen MR) is 160 cm³/mol. The zero-order valence-electron chi connectivity index (χ0n) is 23.3. The summed E-state index contributed by atoms with van der Waals surface area (Å²) in [6.07, 6.45) is -0.0789. The van der Waals surface area contributed by atoms with Crippen LogP contribution in [0.15, 0.2) is 12.1 Å². The smallest absolute Gasteiger partial charge is 0.206 e. The predicted octanol–water partition coefficient (Wildman–Crippen LogP) is 6.97. The molecule has 0 unspecified atom stereocenters. The Balaban J connectivity index is 1.89. The van der Waals surface area contributed by atoms with Gasteiger partial charge in [-0.2, -0.15) is 0 Å². The van der Waals surface area contributed by atoms with Gasteiger partial charge in [-0.25, -0.2) is 0 Å². The lowest BCUT2D eigenvalue weighted by atomic mass is 9.52. The number of methoxy groups -OCH3 is 3. The van der Waals surface area contributed by atoms with Gasteiger partial charge in [-0.15, -0.1) is 0 Å². The van der Waals surface area contributed by atoms with Crippen molar-refractivity contribution in [3.8, 4) is 39.9 Å². The van der Waals surface area contributed by atoms with E-state index in [1.165, 1.54) is 27.4 Å². The zero-order chi connectivity index (χ0) is 31.2. The Bertz CT molecular complexity index is 1730. The molecule has 12 heteroatoms. The molecule has 2 aliphatic rings. The van der Waals surface area contributed by atoms with Gasteiger partial charge in [0.05, 0.1) is 42.0 Å². The molecule has 222 valence electrons. The van der Waals surface area contributed by atoms with Crippen molar-refractivity contribution in [1.82, 2.24) is 0 Å². The van der Waals surface area contributed by atoms with Crippen LogP contribution in [0.5, 0.6) is 28.7 Å². The maximum Gasteiger partial charge on any atom is 0.206 e.